The van der Waals surface area contributed by atoms with Crippen molar-refractivity contribution < 1.29 is 0 Å². The highest BCUT2D eigenvalue weighted by molar-refractivity contribution is 7.98. The molecule has 1 aromatic carbocycles. The van der Waals surface area contributed by atoms with Gasteiger partial charge in [-0.2, -0.15) is 0 Å². The number of hydrogen-bond donors (Lipinski definition) is 0. The predicted molar refractivity (Wildman–Crippen MR) is 99.4 cm³/mol. The molecule has 0 amide bonds. The Morgan fingerprint density at radius 3 is 2.62 bits per heavy atom. The molecule has 4 rings (SSSR count). The third kappa shape index (κ3) is 3.57. The minimum atomic E-state index is 0.581. The summed E-state index contributed by atoms with van der Waals surface area (Å²) in [6.45, 7) is 3.35. The Hall–Kier alpha value is -1.59. The molecule has 1 aliphatic heterocycles. The van der Waals surface area contributed by atoms with Crippen LogP contribution in [0, 0.1) is 0 Å². The molecule has 24 heavy (non-hydrogen) atoms. The fourth-order valence-corrected chi connectivity index (χ4v) is 4.04. The van der Waals surface area contributed by atoms with Crippen molar-refractivity contribution in [2.45, 2.75) is 42.8 Å². The largest absolute Gasteiger partial charge is 0.349 e. The molecular weight excluding hydrogens is 316 g/mol. The topological polar surface area (TPSA) is 32.3 Å². The molecule has 2 aliphatic rings. The molecule has 4 nitrogen and oxygen atoms in total. The molecule has 126 valence electrons. The van der Waals surface area contributed by atoms with Crippen LogP contribution >= 0.6 is 11.8 Å². The molecule has 0 radical (unpaired) electrons. The van der Waals surface area contributed by atoms with Crippen LogP contribution < -0.4 is 4.90 Å². The quantitative estimate of drug-likeness (QED) is 0.752. The van der Waals surface area contributed by atoms with Crippen LogP contribution in [0.2, 0.25) is 0 Å². The van der Waals surface area contributed by atoms with Gasteiger partial charge in [0.2, 0.25) is 0 Å². The zero-order valence-electron chi connectivity index (χ0n) is 14.1. The lowest BCUT2D eigenvalue weighted by Gasteiger charge is -2.30. The van der Waals surface area contributed by atoms with Crippen molar-refractivity contribution in [2.24, 2.45) is 0 Å². The van der Waals surface area contributed by atoms with Crippen LogP contribution in [0.15, 0.2) is 47.8 Å². The van der Waals surface area contributed by atoms with Gasteiger partial charge in [-0.1, -0.05) is 12.1 Å². The number of likely N-dealkylation sites (tertiary alicyclic amines) is 1. The van der Waals surface area contributed by atoms with Crippen LogP contribution in [0.25, 0.3) is 0 Å². The average Bonchev–Trinajstić information content (AvgIpc) is 3.36. The lowest BCUT2D eigenvalue weighted by atomic mass is 10.2. The number of thioether (sulfide) groups is 1. The Balaban J connectivity index is 1.41. The first-order chi connectivity index (χ1) is 11.8. The molecule has 2 fully saturated rings. The maximum absolute atomic E-state index is 4.51. The Kier molecular flexibility index (Phi) is 4.72. The predicted octanol–water partition coefficient (Wildman–Crippen LogP) is 3.44. The standard InChI is InChI=1S/C19H24N4S/c1-24-18-6-2-15(3-7-18)12-22-11-9-17(13-22)23(16-4-5-16)19-8-10-20-14-21-19/h2-3,6-8,10,14,16-17H,4-5,9,11-13H2,1H3. The van der Waals surface area contributed by atoms with Gasteiger partial charge in [-0.05, 0) is 49.3 Å². The van der Waals surface area contributed by atoms with E-state index in [1.807, 2.05) is 6.20 Å². The number of nitrogens with zero attached hydrogens (tertiary/aromatic N) is 4. The number of benzene rings is 1. The van der Waals surface area contributed by atoms with Crippen LogP contribution in [0.3, 0.4) is 0 Å². The van der Waals surface area contributed by atoms with Crippen LogP contribution in [-0.2, 0) is 6.54 Å². The van der Waals surface area contributed by atoms with Crippen molar-refractivity contribution in [1.29, 1.82) is 0 Å². The maximum Gasteiger partial charge on any atom is 0.132 e. The average molecular weight is 340 g/mol. The van der Waals surface area contributed by atoms with Gasteiger partial charge >= 0.3 is 0 Å². The first-order valence-corrected chi connectivity index (χ1v) is 9.95. The molecule has 0 spiro atoms. The van der Waals surface area contributed by atoms with E-state index in [1.165, 1.54) is 36.3 Å². The maximum atomic E-state index is 4.51. The molecule has 1 aromatic heterocycles. The molecule has 1 aliphatic carbocycles. The summed E-state index contributed by atoms with van der Waals surface area (Å²) in [5.41, 5.74) is 1.41. The molecule has 1 saturated heterocycles. The third-order valence-corrected chi connectivity index (χ3v) is 5.72. The molecule has 0 N–H and O–H groups in total. The molecule has 5 heteroatoms. The highest BCUT2D eigenvalue weighted by Gasteiger charge is 2.37. The summed E-state index contributed by atoms with van der Waals surface area (Å²) < 4.78 is 0. The fraction of sp³-hybridized carbons (Fsp3) is 0.474. The van der Waals surface area contributed by atoms with E-state index in [9.17, 15) is 0 Å². The van der Waals surface area contributed by atoms with E-state index < -0.39 is 0 Å². The van der Waals surface area contributed by atoms with E-state index >= 15 is 0 Å². The summed E-state index contributed by atoms with van der Waals surface area (Å²) in [6, 6.07) is 12.3. The van der Waals surface area contributed by atoms with Crippen LogP contribution in [0.5, 0.6) is 0 Å². The Morgan fingerprint density at radius 2 is 1.96 bits per heavy atom. The molecule has 1 atom stereocenters. The van der Waals surface area contributed by atoms with Crippen LogP contribution in [0.4, 0.5) is 5.82 Å². The molecule has 2 aromatic rings. The summed E-state index contributed by atoms with van der Waals surface area (Å²) >= 11 is 1.80. The second kappa shape index (κ2) is 7.11. The van der Waals surface area contributed by atoms with Crippen molar-refractivity contribution in [3.05, 3.63) is 48.4 Å². The smallest absolute Gasteiger partial charge is 0.132 e. The first kappa shape index (κ1) is 15.9. The van der Waals surface area contributed by atoms with E-state index in [0.29, 0.717) is 12.1 Å². The highest BCUT2D eigenvalue weighted by Crippen LogP contribution is 2.35. The summed E-state index contributed by atoms with van der Waals surface area (Å²) in [5.74, 6) is 1.10. The minimum absolute atomic E-state index is 0.581. The fourth-order valence-electron chi connectivity index (χ4n) is 3.63. The minimum Gasteiger partial charge on any atom is -0.349 e. The van der Waals surface area contributed by atoms with Crippen molar-refractivity contribution in [2.75, 3.05) is 24.2 Å². The van der Waals surface area contributed by atoms with Crippen molar-refractivity contribution in [3.63, 3.8) is 0 Å². The van der Waals surface area contributed by atoms with E-state index in [2.05, 4.69) is 56.4 Å². The lowest BCUT2D eigenvalue weighted by molar-refractivity contribution is 0.324. The van der Waals surface area contributed by atoms with Gasteiger partial charge in [0, 0.05) is 42.8 Å². The van der Waals surface area contributed by atoms with E-state index in [0.717, 1.165) is 18.9 Å². The van der Waals surface area contributed by atoms with Crippen LogP contribution in [0.1, 0.15) is 24.8 Å². The van der Waals surface area contributed by atoms with Crippen LogP contribution in [-0.4, -0.2) is 46.3 Å². The first-order valence-electron chi connectivity index (χ1n) is 8.73. The van der Waals surface area contributed by atoms with Crippen molar-refractivity contribution in [3.8, 4) is 0 Å². The van der Waals surface area contributed by atoms with Gasteiger partial charge in [0.1, 0.15) is 12.1 Å². The molecule has 1 saturated carbocycles. The van der Waals surface area contributed by atoms with E-state index in [4.69, 9.17) is 0 Å². The Bertz CT molecular complexity index is 657. The van der Waals surface area contributed by atoms with Gasteiger partial charge < -0.3 is 4.90 Å². The number of anilines is 1. The second-order valence-electron chi connectivity index (χ2n) is 6.73. The van der Waals surface area contributed by atoms with Crippen molar-refractivity contribution >= 4 is 17.6 Å². The molecule has 0 bridgehead atoms. The van der Waals surface area contributed by atoms with Gasteiger partial charge in [0.05, 0.1) is 0 Å². The van der Waals surface area contributed by atoms with Gasteiger partial charge in [0.15, 0.2) is 0 Å². The van der Waals surface area contributed by atoms with Gasteiger partial charge in [-0.25, -0.2) is 9.97 Å². The Morgan fingerprint density at radius 1 is 1.12 bits per heavy atom. The normalized spacial score (nSPS) is 21.1. The SMILES string of the molecule is CSc1ccc(CN2CCC(N(c3ccncn3)C3CC3)C2)cc1. The lowest BCUT2D eigenvalue weighted by Crippen LogP contribution is -2.39. The van der Waals surface area contributed by atoms with E-state index in [1.54, 1.807) is 18.1 Å². The third-order valence-electron chi connectivity index (χ3n) is 4.98. The summed E-state index contributed by atoms with van der Waals surface area (Å²) in [7, 11) is 0. The summed E-state index contributed by atoms with van der Waals surface area (Å²) in [6.07, 6.45) is 9.48. The number of rotatable bonds is 6. The monoisotopic (exact) mass is 340 g/mol. The van der Waals surface area contributed by atoms with Crippen molar-refractivity contribution in [1.82, 2.24) is 14.9 Å². The molecule has 2 heterocycles. The van der Waals surface area contributed by atoms with E-state index in [-0.39, 0.29) is 0 Å². The second-order valence-corrected chi connectivity index (χ2v) is 7.61. The van der Waals surface area contributed by atoms with Gasteiger partial charge in [-0.3, -0.25) is 4.90 Å². The summed E-state index contributed by atoms with van der Waals surface area (Å²) in [5, 5.41) is 0. The van der Waals surface area contributed by atoms with Gasteiger partial charge in [-0.15, -0.1) is 11.8 Å². The number of hydrogen-bond acceptors (Lipinski definition) is 5. The zero-order chi connectivity index (χ0) is 16.4. The highest BCUT2D eigenvalue weighted by atomic mass is 32.2. The molecule has 1 unspecified atom stereocenters. The zero-order valence-corrected chi connectivity index (χ0v) is 15.0. The molecular formula is C19H24N4S. The summed E-state index contributed by atoms with van der Waals surface area (Å²) in [4.78, 5) is 15.0. The number of aromatic nitrogens is 2. The Labute approximate surface area is 148 Å². The van der Waals surface area contributed by atoms with Gasteiger partial charge in [0.25, 0.3) is 0 Å².